The number of hydrogen-bond donors (Lipinski definition) is 0. The van der Waals surface area contributed by atoms with Gasteiger partial charge in [-0.2, -0.15) is 0 Å². The standard InChI is InChI=1S/C9H16O/c1-10-8-9-6-4-2-3-5-7-9/h6H,2-5,7-8H2,1H3. The van der Waals surface area contributed by atoms with E-state index in [0.717, 1.165) is 6.61 Å². The molecule has 0 saturated heterocycles. The fraction of sp³-hybridized carbons (Fsp3) is 0.778. The Balaban J connectivity index is 2.31. The van der Waals surface area contributed by atoms with Gasteiger partial charge in [0.1, 0.15) is 0 Å². The third-order valence-electron chi connectivity index (χ3n) is 1.96. The highest BCUT2D eigenvalue weighted by atomic mass is 16.5. The molecule has 0 spiro atoms. The Kier molecular flexibility index (Phi) is 3.52. The van der Waals surface area contributed by atoms with E-state index in [1.54, 1.807) is 7.11 Å². The smallest absolute Gasteiger partial charge is 0.0672 e. The maximum atomic E-state index is 5.07. The van der Waals surface area contributed by atoms with Gasteiger partial charge in [0, 0.05) is 7.11 Å². The van der Waals surface area contributed by atoms with Gasteiger partial charge in [0.15, 0.2) is 0 Å². The average molecular weight is 140 g/mol. The van der Waals surface area contributed by atoms with E-state index in [1.165, 1.54) is 37.7 Å². The minimum absolute atomic E-state index is 0.847. The van der Waals surface area contributed by atoms with Gasteiger partial charge in [-0.1, -0.05) is 12.5 Å². The SMILES string of the molecule is COCC1=CCCCCC1. The van der Waals surface area contributed by atoms with E-state index in [-0.39, 0.29) is 0 Å². The van der Waals surface area contributed by atoms with Gasteiger partial charge in [0.05, 0.1) is 6.61 Å². The molecule has 0 atom stereocenters. The summed E-state index contributed by atoms with van der Waals surface area (Å²) in [5.74, 6) is 0. The van der Waals surface area contributed by atoms with Crippen LogP contribution in [0.1, 0.15) is 32.1 Å². The Morgan fingerprint density at radius 3 is 3.10 bits per heavy atom. The van der Waals surface area contributed by atoms with Gasteiger partial charge in [0.25, 0.3) is 0 Å². The van der Waals surface area contributed by atoms with Crippen LogP contribution in [0.15, 0.2) is 11.6 Å². The van der Waals surface area contributed by atoms with E-state index < -0.39 is 0 Å². The molecule has 1 aliphatic rings. The Morgan fingerprint density at radius 2 is 2.30 bits per heavy atom. The first-order valence-electron chi connectivity index (χ1n) is 4.10. The van der Waals surface area contributed by atoms with Crippen LogP contribution in [0.2, 0.25) is 0 Å². The van der Waals surface area contributed by atoms with Gasteiger partial charge < -0.3 is 4.74 Å². The van der Waals surface area contributed by atoms with Gasteiger partial charge in [-0.25, -0.2) is 0 Å². The maximum Gasteiger partial charge on any atom is 0.0672 e. The second-order valence-electron chi connectivity index (χ2n) is 2.89. The lowest BCUT2D eigenvalue weighted by Gasteiger charge is -2.01. The summed E-state index contributed by atoms with van der Waals surface area (Å²) in [7, 11) is 1.77. The summed E-state index contributed by atoms with van der Waals surface area (Å²) in [6, 6.07) is 0. The van der Waals surface area contributed by atoms with Crippen LogP contribution in [0.3, 0.4) is 0 Å². The first-order chi connectivity index (χ1) is 4.93. The van der Waals surface area contributed by atoms with Gasteiger partial charge in [-0.05, 0) is 31.3 Å². The number of rotatable bonds is 2. The highest BCUT2D eigenvalue weighted by Gasteiger charge is 2.00. The lowest BCUT2D eigenvalue weighted by Crippen LogP contribution is -1.92. The zero-order chi connectivity index (χ0) is 7.23. The van der Waals surface area contributed by atoms with E-state index in [9.17, 15) is 0 Å². The van der Waals surface area contributed by atoms with Crippen molar-refractivity contribution in [1.29, 1.82) is 0 Å². The van der Waals surface area contributed by atoms with Crippen molar-refractivity contribution >= 4 is 0 Å². The summed E-state index contributed by atoms with van der Waals surface area (Å²) in [6.45, 7) is 0.847. The molecule has 0 heterocycles. The molecule has 0 aromatic carbocycles. The van der Waals surface area contributed by atoms with Gasteiger partial charge in [-0.15, -0.1) is 0 Å². The average Bonchev–Trinajstić information content (AvgIpc) is 2.17. The summed E-state index contributed by atoms with van der Waals surface area (Å²) < 4.78 is 5.07. The number of allylic oxidation sites excluding steroid dienone is 1. The van der Waals surface area contributed by atoms with Crippen molar-refractivity contribution in [3.63, 3.8) is 0 Å². The molecular weight excluding hydrogens is 124 g/mol. The minimum Gasteiger partial charge on any atom is -0.380 e. The largest absolute Gasteiger partial charge is 0.380 e. The molecule has 0 aromatic rings. The van der Waals surface area contributed by atoms with Crippen LogP contribution in [0, 0.1) is 0 Å². The lowest BCUT2D eigenvalue weighted by molar-refractivity contribution is 0.222. The topological polar surface area (TPSA) is 9.23 Å². The van der Waals surface area contributed by atoms with Gasteiger partial charge in [-0.3, -0.25) is 0 Å². The zero-order valence-electron chi connectivity index (χ0n) is 6.73. The van der Waals surface area contributed by atoms with Crippen LogP contribution in [-0.2, 0) is 4.74 Å². The molecule has 0 bridgehead atoms. The molecule has 1 nitrogen and oxygen atoms in total. The molecule has 0 radical (unpaired) electrons. The summed E-state index contributed by atoms with van der Waals surface area (Å²) in [4.78, 5) is 0. The van der Waals surface area contributed by atoms with E-state index in [0.29, 0.717) is 0 Å². The summed E-state index contributed by atoms with van der Waals surface area (Å²) in [5, 5.41) is 0. The van der Waals surface area contributed by atoms with Crippen LogP contribution >= 0.6 is 0 Å². The molecule has 0 saturated carbocycles. The van der Waals surface area contributed by atoms with E-state index >= 15 is 0 Å². The molecule has 58 valence electrons. The Labute approximate surface area is 63.1 Å². The van der Waals surface area contributed by atoms with Crippen molar-refractivity contribution < 1.29 is 4.74 Å². The molecule has 0 amide bonds. The predicted molar refractivity (Wildman–Crippen MR) is 43.0 cm³/mol. The maximum absolute atomic E-state index is 5.07. The van der Waals surface area contributed by atoms with Crippen molar-refractivity contribution in [1.82, 2.24) is 0 Å². The highest BCUT2D eigenvalue weighted by molar-refractivity contribution is 5.03. The Bertz CT molecular complexity index is 116. The summed E-state index contributed by atoms with van der Waals surface area (Å²) in [5.41, 5.74) is 1.50. The molecule has 10 heavy (non-hydrogen) atoms. The van der Waals surface area contributed by atoms with Gasteiger partial charge >= 0.3 is 0 Å². The first-order valence-corrected chi connectivity index (χ1v) is 4.10. The molecule has 0 N–H and O–H groups in total. The summed E-state index contributed by atoms with van der Waals surface area (Å²) in [6.07, 6.45) is 8.98. The van der Waals surface area contributed by atoms with Crippen LogP contribution < -0.4 is 0 Å². The fourth-order valence-electron chi connectivity index (χ4n) is 1.40. The van der Waals surface area contributed by atoms with Crippen molar-refractivity contribution in [2.75, 3.05) is 13.7 Å². The predicted octanol–water partition coefficient (Wildman–Crippen LogP) is 2.52. The number of methoxy groups -OCH3 is 1. The lowest BCUT2D eigenvalue weighted by atomic mass is 10.1. The van der Waals surface area contributed by atoms with Crippen molar-refractivity contribution in [3.05, 3.63) is 11.6 Å². The highest BCUT2D eigenvalue weighted by Crippen LogP contribution is 2.16. The van der Waals surface area contributed by atoms with Crippen molar-refractivity contribution in [3.8, 4) is 0 Å². The second-order valence-corrected chi connectivity index (χ2v) is 2.89. The third kappa shape index (κ3) is 2.53. The molecular formula is C9H16O. The van der Waals surface area contributed by atoms with Crippen LogP contribution in [0.5, 0.6) is 0 Å². The molecule has 0 aromatic heterocycles. The summed E-state index contributed by atoms with van der Waals surface area (Å²) >= 11 is 0. The second kappa shape index (κ2) is 4.51. The zero-order valence-corrected chi connectivity index (χ0v) is 6.73. The van der Waals surface area contributed by atoms with Crippen LogP contribution in [-0.4, -0.2) is 13.7 Å². The number of hydrogen-bond acceptors (Lipinski definition) is 1. The first kappa shape index (κ1) is 7.80. The van der Waals surface area contributed by atoms with Gasteiger partial charge in [0.2, 0.25) is 0 Å². The molecule has 0 unspecified atom stereocenters. The van der Waals surface area contributed by atoms with Crippen molar-refractivity contribution in [2.24, 2.45) is 0 Å². The van der Waals surface area contributed by atoms with Crippen LogP contribution in [0.25, 0.3) is 0 Å². The van der Waals surface area contributed by atoms with E-state index in [4.69, 9.17) is 4.74 Å². The number of ether oxygens (including phenoxy) is 1. The van der Waals surface area contributed by atoms with Crippen molar-refractivity contribution in [2.45, 2.75) is 32.1 Å². The quantitative estimate of drug-likeness (QED) is 0.535. The monoisotopic (exact) mass is 140 g/mol. The fourth-order valence-corrected chi connectivity index (χ4v) is 1.40. The molecule has 1 aliphatic carbocycles. The molecule has 1 rings (SSSR count). The third-order valence-corrected chi connectivity index (χ3v) is 1.96. The minimum atomic E-state index is 0.847. The van der Waals surface area contributed by atoms with Crippen LogP contribution in [0.4, 0.5) is 0 Å². The Morgan fingerprint density at radius 1 is 1.40 bits per heavy atom. The normalized spacial score (nSPS) is 19.9. The Hall–Kier alpha value is -0.300. The van der Waals surface area contributed by atoms with E-state index in [2.05, 4.69) is 6.08 Å². The molecule has 1 heteroatoms. The molecule has 0 fully saturated rings. The molecule has 0 aliphatic heterocycles. The van der Waals surface area contributed by atoms with E-state index in [1.807, 2.05) is 0 Å².